The molecule has 5 nitrogen and oxygen atoms in total. The zero-order chi connectivity index (χ0) is 15.4. The largest absolute Gasteiger partial charge is 0.480 e. The normalized spacial score (nSPS) is 12.0. The van der Waals surface area contributed by atoms with Crippen molar-refractivity contribution in [2.75, 3.05) is 21.3 Å². The van der Waals surface area contributed by atoms with Gasteiger partial charge in [0, 0.05) is 0 Å². The molecule has 0 radical (unpaired) electrons. The third kappa shape index (κ3) is 3.11. The van der Waals surface area contributed by atoms with Gasteiger partial charge in [0.1, 0.15) is 11.5 Å². The number of hydrogen-bond donors (Lipinski definition) is 1. The number of nitrogens with one attached hydrogen (secondary N) is 1. The molecule has 1 aromatic carbocycles. The van der Waals surface area contributed by atoms with Crippen LogP contribution in [0.25, 0.3) is 0 Å². The molecular weight excluding hydrogens is 273 g/mol. The molecule has 0 bridgehead atoms. The maximum absolute atomic E-state index is 13.3. The molecular formula is C15H18FN3O2. The summed E-state index contributed by atoms with van der Waals surface area (Å²) in [5, 5.41) is 3.16. The number of rotatable bonds is 5. The van der Waals surface area contributed by atoms with Gasteiger partial charge in [0.2, 0.25) is 11.8 Å². The fourth-order valence-corrected chi connectivity index (χ4v) is 2.22. The zero-order valence-corrected chi connectivity index (χ0v) is 12.5. The molecule has 0 aliphatic heterocycles. The van der Waals surface area contributed by atoms with Crippen molar-refractivity contribution in [2.45, 2.75) is 13.0 Å². The Kier molecular flexibility index (Phi) is 4.70. The van der Waals surface area contributed by atoms with Crippen molar-refractivity contribution < 1.29 is 13.9 Å². The number of hydrogen-bond acceptors (Lipinski definition) is 5. The lowest BCUT2D eigenvalue weighted by Gasteiger charge is -2.20. The fourth-order valence-electron chi connectivity index (χ4n) is 2.22. The molecule has 1 unspecified atom stereocenters. The number of ether oxygens (including phenoxy) is 2. The van der Waals surface area contributed by atoms with E-state index in [-0.39, 0.29) is 11.9 Å². The molecule has 1 aromatic heterocycles. The monoisotopic (exact) mass is 291 g/mol. The second-order valence-electron chi connectivity index (χ2n) is 4.53. The van der Waals surface area contributed by atoms with Crippen molar-refractivity contribution in [3.05, 3.63) is 47.0 Å². The Morgan fingerprint density at radius 1 is 1.24 bits per heavy atom. The van der Waals surface area contributed by atoms with E-state index in [4.69, 9.17) is 9.47 Å². The van der Waals surface area contributed by atoms with Crippen LogP contribution in [0.15, 0.2) is 24.4 Å². The highest BCUT2D eigenvalue weighted by Gasteiger charge is 2.22. The first kappa shape index (κ1) is 15.2. The summed E-state index contributed by atoms with van der Waals surface area (Å²) in [5.41, 5.74) is 2.36. The molecule has 112 valence electrons. The van der Waals surface area contributed by atoms with E-state index in [9.17, 15) is 4.39 Å². The number of aryl methyl sites for hydroxylation is 1. The van der Waals surface area contributed by atoms with Crippen LogP contribution in [-0.4, -0.2) is 31.2 Å². The van der Waals surface area contributed by atoms with Crippen molar-refractivity contribution in [3.8, 4) is 11.8 Å². The van der Waals surface area contributed by atoms with Crippen LogP contribution < -0.4 is 14.8 Å². The highest BCUT2D eigenvalue weighted by Crippen LogP contribution is 2.30. The van der Waals surface area contributed by atoms with Crippen molar-refractivity contribution in [1.29, 1.82) is 0 Å². The SMILES string of the molecule is CNC(c1ccc(F)cc1C)c1ncc(OC)nc1OC. The molecule has 21 heavy (non-hydrogen) atoms. The Hall–Kier alpha value is -2.21. The highest BCUT2D eigenvalue weighted by molar-refractivity contribution is 5.38. The smallest absolute Gasteiger partial charge is 0.240 e. The van der Waals surface area contributed by atoms with Crippen molar-refractivity contribution in [3.63, 3.8) is 0 Å². The van der Waals surface area contributed by atoms with E-state index in [0.717, 1.165) is 11.1 Å². The summed E-state index contributed by atoms with van der Waals surface area (Å²) in [7, 11) is 4.85. The van der Waals surface area contributed by atoms with Gasteiger partial charge in [-0.25, -0.2) is 9.37 Å². The Morgan fingerprint density at radius 3 is 2.57 bits per heavy atom. The molecule has 0 fully saturated rings. The van der Waals surface area contributed by atoms with E-state index in [0.29, 0.717) is 17.5 Å². The minimum Gasteiger partial charge on any atom is -0.480 e. The van der Waals surface area contributed by atoms with Crippen LogP contribution in [0.2, 0.25) is 0 Å². The molecule has 0 aliphatic carbocycles. The zero-order valence-electron chi connectivity index (χ0n) is 12.5. The van der Waals surface area contributed by atoms with E-state index in [1.54, 1.807) is 13.1 Å². The molecule has 0 aliphatic rings. The lowest BCUT2D eigenvalue weighted by Crippen LogP contribution is -2.21. The van der Waals surface area contributed by atoms with Crippen LogP contribution in [0.3, 0.4) is 0 Å². The van der Waals surface area contributed by atoms with Crippen molar-refractivity contribution >= 4 is 0 Å². The van der Waals surface area contributed by atoms with Crippen LogP contribution >= 0.6 is 0 Å². The summed E-state index contributed by atoms with van der Waals surface area (Å²) in [5.74, 6) is 0.484. The van der Waals surface area contributed by atoms with Gasteiger partial charge < -0.3 is 14.8 Å². The maximum atomic E-state index is 13.3. The molecule has 0 amide bonds. The molecule has 1 heterocycles. The Morgan fingerprint density at radius 2 is 2.00 bits per heavy atom. The Bertz CT molecular complexity index is 634. The molecule has 0 spiro atoms. The van der Waals surface area contributed by atoms with E-state index >= 15 is 0 Å². The number of methoxy groups -OCH3 is 2. The lowest BCUT2D eigenvalue weighted by atomic mass is 9.98. The van der Waals surface area contributed by atoms with Crippen molar-refractivity contribution in [2.24, 2.45) is 0 Å². The molecule has 1 N–H and O–H groups in total. The average Bonchev–Trinajstić information content (AvgIpc) is 2.50. The summed E-state index contributed by atoms with van der Waals surface area (Å²) in [6, 6.07) is 4.40. The van der Waals surface area contributed by atoms with Gasteiger partial charge in [0.05, 0.1) is 26.5 Å². The summed E-state index contributed by atoms with van der Waals surface area (Å²) in [6.07, 6.45) is 1.53. The molecule has 0 saturated heterocycles. The quantitative estimate of drug-likeness (QED) is 0.915. The predicted molar refractivity (Wildman–Crippen MR) is 77.2 cm³/mol. The number of aromatic nitrogens is 2. The first-order valence-corrected chi connectivity index (χ1v) is 6.49. The summed E-state index contributed by atoms with van der Waals surface area (Å²) in [4.78, 5) is 8.59. The van der Waals surface area contributed by atoms with Crippen LogP contribution in [0.4, 0.5) is 4.39 Å². The van der Waals surface area contributed by atoms with Gasteiger partial charge in [-0.05, 0) is 37.2 Å². The standard InChI is InChI=1S/C15H18FN3O2/c1-9-7-10(16)5-6-11(9)13(17-2)14-15(21-4)19-12(20-3)8-18-14/h5-8,13,17H,1-4H3. The topological polar surface area (TPSA) is 56.3 Å². The first-order valence-electron chi connectivity index (χ1n) is 6.49. The second-order valence-corrected chi connectivity index (χ2v) is 4.53. The van der Waals surface area contributed by atoms with Crippen LogP contribution in [0.1, 0.15) is 22.9 Å². The van der Waals surface area contributed by atoms with Gasteiger partial charge in [0.25, 0.3) is 0 Å². The maximum Gasteiger partial charge on any atom is 0.240 e. The third-order valence-corrected chi connectivity index (χ3v) is 3.25. The third-order valence-electron chi connectivity index (χ3n) is 3.25. The minimum atomic E-state index is -0.265. The highest BCUT2D eigenvalue weighted by atomic mass is 19.1. The summed E-state index contributed by atoms with van der Waals surface area (Å²) < 4.78 is 23.6. The minimum absolute atomic E-state index is 0.251. The number of halogens is 1. The van der Waals surface area contributed by atoms with Crippen molar-refractivity contribution in [1.82, 2.24) is 15.3 Å². The Labute approximate surface area is 123 Å². The van der Waals surface area contributed by atoms with Crippen LogP contribution in [-0.2, 0) is 0 Å². The van der Waals surface area contributed by atoms with Gasteiger partial charge >= 0.3 is 0 Å². The molecule has 6 heteroatoms. The van der Waals surface area contributed by atoms with Gasteiger partial charge in [-0.2, -0.15) is 4.98 Å². The second kappa shape index (κ2) is 6.49. The molecule has 0 saturated carbocycles. The van der Waals surface area contributed by atoms with Crippen LogP contribution in [0.5, 0.6) is 11.8 Å². The van der Waals surface area contributed by atoms with E-state index in [2.05, 4.69) is 15.3 Å². The van der Waals surface area contributed by atoms with E-state index < -0.39 is 0 Å². The molecule has 2 rings (SSSR count). The number of nitrogens with zero attached hydrogens (tertiary/aromatic N) is 2. The lowest BCUT2D eigenvalue weighted by molar-refractivity contribution is 0.353. The Balaban J connectivity index is 2.50. The number of benzene rings is 1. The first-order chi connectivity index (χ1) is 10.1. The van der Waals surface area contributed by atoms with E-state index in [1.165, 1.54) is 32.5 Å². The predicted octanol–water partition coefficient (Wildman–Crippen LogP) is 2.25. The average molecular weight is 291 g/mol. The van der Waals surface area contributed by atoms with Gasteiger partial charge in [-0.3, -0.25) is 0 Å². The van der Waals surface area contributed by atoms with Gasteiger partial charge in [-0.15, -0.1) is 0 Å². The van der Waals surface area contributed by atoms with Crippen LogP contribution in [0, 0.1) is 12.7 Å². The van der Waals surface area contributed by atoms with E-state index in [1.807, 2.05) is 6.92 Å². The fraction of sp³-hybridized carbons (Fsp3) is 0.333. The van der Waals surface area contributed by atoms with Gasteiger partial charge in [-0.1, -0.05) is 6.07 Å². The summed E-state index contributed by atoms with van der Waals surface area (Å²) >= 11 is 0. The molecule has 1 atom stereocenters. The summed E-state index contributed by atoms with van der Waals surface area (Å²) in [6.45, 7) is 1.85. The molecule has 2 aromatic rings. The van der Waals surface area contributed by atoms with Gasteiger partial charge in [0.15, 0.2) is 0 Å².